The highest BCUT2D eigenvalue weighted by molar-refractivity contribution is 5.95. The molecule has 0 radical (unpaired) electrons. The van der Waals surface area contributed by atoms with Gasteiger partial charge in [-0.1, -0.05) is 0 Å². The van der Waals surface area contributed by atoms with Crippen LogP contribution in [-0.2, 0) is 9.53 Å². The van der Waals surface area contributed by atoms with Gasteiger partial charge in [-0.3, -0.25) is 14.6 Å². The number of carbonyl (C=O) groups is 2. The fourth-order valence-corrected chi connectivity index (χ4v) is 3.70. The Morgan fingerprint density at radius 3 is 2.46 bits per heavy atom. The predicted octanol–water partition coefficient (Wildman–Crippen LogP) is 2.40. The molecule has 2 amide bonds. The van der Waals surface area contributed by atoms with Crippen molar-refractivity contribution in [1.82, 2.24) is 9.88 Å². The molecule has 1 aromatic carbocycles. The maximum atomic E-state index is 13.3. The molecule has 3 heterocycles. The average molecular weight is 387 g/mol. The number of rotatable bonds is 2. The minimum Gasteiger partial charge on any atom is -0.363 e. The molecule has 8 heteroatoms. The van der Waals surface area contributed by atoms with Gasteiger partial charge in [0, 0.05) is 25.0 Å². The highest BCUT2D eigenvalue weighted by Gasteiger charge is 2.43. The number of hydrogen-bond donors (Lipinski definition) is 0. The van der Waals surface area contributed by atoms with Gasteiger partial charge in [0.15, 0.2) is 0 Å². The number of halogens is 2. The quantitative estimate of drug-likeness (QED) is 0.794. The van der Waals surface area contributed by atoms with Gasteiger partial charge in [0.1, 0.15) is 18.2 Å². The molecule has 1 aromatic heterocycles. The largest absolute Gasteiger partial charge is 0.363 e. The van der Waals surface area contributed by atoms with Crippen LogP contribution in [0.25, 0.3) is 0 Å². The third-order valence-electron chi connectivity index (χ3n) is 5.30. The van der Waals surface area contributed by atoms with Crippen LogP contribution in [-0.4, -0.2) is 53.5 Å². The van der Waals surface area contributed by atoms with Gasteiger partial charge in [0.25, 0.3) is 11.8 Å². The number of ether oxygens (including phenoxy) is 1. The van der Waals surface area contributed by atoms with Crippen molar-refractivity contribution in [3.63, 3.8) is 0 Å². The molecule has 146 valence electrons. The SMILES string of the molecule is O=C(c1cncc(F)c1)N1CCC2(CC1)CN(c1ccc(F)cc1)C(=O)CO2. The van der Waals surface area contributed by atoms with Crippen LogP contribution in [0.1, 0.15) is 23.2 Å². The second-order valence-electron chi connectivity index (χ2n) is 7.11. The van der Waals surface area contributed by atoms with E-state index in [0.29, 0.717) is 38.2 Å². The van der Waals surface area contributed by atoms with Gasteiger partial charge in [-0.15, -0.1) is 0 Å². The number of piperidine rings is 1. The molecule has 0 aliphatic carbocycles. The monoisotopic (exact) mass is 387 g/mol. The first kappa shape index (κ1) is 18.5. The molecule has 1 spiro atoms. The van der Waals surface area contributed by atoms with Gasteiger partial charge in [-0.2, -0.15) is 0 Å². The minimum absolute atomic E-state index is 0.0564. The third-order valence-corrected chi connectivity index (χ3v) is 5.30. The predicted molar refractivity (Wildman–Crippen MR) is 96.8 cm³/mol. The van der Waals surface area contributed by atoms with Gasteiger partial charge in [-0.05, 0) is 43.2 Å². The van der Waals surface area contributed by atoms with E-state index < -0.39 is 11.4 Å². The number of likely N-dealkylation sites (tertiary alicyclic amines) is 1. The van der Waals surface area contributed by atoms with Crippen molar-refractivity contribution in [1.29, 1.82) is 0 Å². The smallest absolute Gasteiger partial charge is 0.255 e. The number of anilines is 1. The van der Waals surface area contributed by atoms with Crippen molar-refractivity contribution in [2.24, 2.45) is 0 Å². The van der Waals surface area contributed by atoms with Crippen molar-refractivity contribution in [3.8, 4) is 0 Å². The molecule has 0 unspecified atom stereocenters. The Balaban J connectivity index is 1.45. The molecule has 2 fully saturated rings. The van der Waals surface area contributed by atoms with Gasteiger partial charge in [0.2, 0.25) is 0 Å². The lowest BCUT2D eigenvalue weighted by molar-refractivity contribution is -0.143. The molecule has 0 N–H and O–H groups in total. The highest BCUT2D eigenvalue weighted by Crippen LogP contribution is 2.33. The Hall–Kier alpha value is -2.87. The molecule has 2 aliphatic heterocycles. The van der Waals surface area contributed by atoms with Crippen molar-refractivity contribution >= 4 is 17.5 Å². The standard InChI is InChI=1S/C20H19F2N3O3/c21-15-1-3-17(4-2-15)25-13-20(28-12-18(25)26)5-7-24(8-6-20)19(27)14-9-16(22)11-23-10-14/h1-4,9-11H,5-8,12-13H2. The number of pyridine rings is 1. The van der Waals surface area contributed by atoms with Crippen LogP contribution >= 0.6 is 0 Å². The number of morpholine rings is 1. The summed E-state index contributed by atoms with van der Waals surface area (Å²) < 4.78 is 32.4. The summed E-state index contributed by atoms with van der Waals surface area (Å²) in [4.78, 5) is 31.8. The van der Waals surface area contributed by atoms with E-state index in [1.807, 2.05) is 0 Å². The topological polar surface area (TPSA) is 62.7 Å². The molecule has 2 aromatic rings. The Morgan fingerprint density at radius 2 is 1.79 bits per heavy atom. The summed E-state index contributed by atoms with van der Waals surface area (Å²) in [6.07, 6.45) is 3.50. The lowest BCUT2D eigenvalue weighted by atomic mass is 9.88. The molecule has 28 heavy (non-hydrogen) atoms. The Labute approximate surface area is 160 Å². The van der Waals surface area contributed by atoms with Crippen LogP contribution in [0.3, 0.4) is 0 Å². The number of hydrogen-bond acceptors (Lipinski definition) is 4. The number of carbonyl (C=O) groups excluding carboxylic acids is 2. The number of benzene rings is 1. The van der Waals surface area contributed by atoms with E-state index in [1.165, 1.54) is 24.4 Å². The zero-order valence-corrected chi connectivity index (χ0v) is 15.1. The van der Waals surface area contributed by atoms with Gasteiger partial charge >= 0.3 is 0 Å². The van der Waals surface area contributed by atoms with Crippen molar-refractivity contribution in [2.45, 2.75) is 18.4 Å². The van der Waals surface area contributed by atoms with Crippen LogP contribution in [0.5, 0.6) is 0 Å². The van der Waals surface area contributed by atoms with Gasteiger partial charge in [-0.25, -0.2) is 8.78 Å². The number of amides is 2. The minimum atomic E-state index is -0.556. The second-order valence-corrected chi connectivity index (χ2v) is 7.11. The average Bonchev–Trinajstić information content (AvgIpc) is 2.71. The second kappa shape index (κ2) is 7.27. The summed E-state index contributed by atoms with van der Waals surface area (Å²) in [5.74, 6) is -1.37. The molecule has 0 saturated carbocycles. The van der Waals surface area contributed by atoms with Crippen molar-refractivity contribution < 1.29 is 23.1 Å². The lowest BCUT2D eigenvalue weighted by Crippen LogP contribution is -2.59. The van der Waals surface area contributed by atoms with Crippen molar-refractivity contribution in [3.05, 3.63) is 59.9 Å². The summed E-state index contributed by atoms with van der Waals surface area (Å²) >= 11 is 0. The maximum Gasteiger partial charge on any atom is 0.255 e. The summed E-state index contributed by atoms with van der Waals surface area (Å²) in [6, 6.07) is 6.95. The lowest BCUT2D eigenvalue weighted by Gasteiger charge is -2.47. The normalized spacial score (nSPS) is 19.1. The van der Waals surface area contributed by atoms with Crippen LogP contribution < -0.4 is 4.90 Å². The third kappa shape index (κ3) is 3.60. The van der Waals surface area contributed by atoms with E-state index in [0.717, 1.165) is 6.20 Å². The molecular weight excluding hydrogens is 368 g/mol. The molecule has 4 rings (SSSR count). The van der Waals surface area contributed by atoms with Gasteiger partial charge < -0.3 is 14.5 Å². The van der Waals surface area contributed by atoms with Crippen LogP contribution in [0.2, 0.25) is 0 Å². The zero-order valence-electron chi connectivity index (χ0n) is 15.1. The van der Waals surface area contributed by atoms with E-state index in [4.69, 9.17) is 4.74 Å². The molecule has 0 atom stereocenters. The molecular formula is C20H19F2N3O3. The highest BCUT2D eigenvalue weighted by atomic mass is 19.1. The van der Waals surface area contributed by atoms with E-state index in [9.17, 15) is 18.4 Å². The zero-order chi connectivity index (χ0) is 19.7. The summed E-state index contributed by atoms with van der Waals surface area (Å²) in [6.45, 7) is 1.15. The summed E-state index contributed by atoms with van der Waals surface area (Å²) in [5, 5.41) is 0. The maximum absolute atomic E-state index is 13.3. The first-order chi connectivity index (χ1) is 13.5. The van der Waals surface area contributed by atoms with E-state index in [2.05, 4.69) is 4.98 Å². The number of nitrogens with zero attached hydrogens (tertiary/aromatic N) is 3. The first-order valence-corrected chi connectivity index (χ1v) is 9.06. The van der Waals surface area contributed by atoms with E-state index in [1.54, 1.807) is 21.9 Å². The van der Waals surface area contributed by atoms with Crippen LogP contribution in [0, 0.1) is 11.6 Å². The molecule has 2 saturated heterocycles. The number of aromatic nitrogens is 1. The Bertz CT molecular complexity index is 896. The van der Waals surface area contributed by atoms with Crippen molar-refractivity contribution in [2.75, 3.05) is 31.1 Å². The van der Waals surface area contributed by atoms with Crippen LogP contribution in [0.15, 0.2) is 42.7 Å². The first-order valence-electron chi connectivity index (χ1n) is 9.06. The molecule has 6 nitrogen and oxygen atoms in total. The Kier molecular flexibility index (Phi) is 4.80. The fraction of sp³-hybridized carbons (Fsp3) is 0.350. The summed E-state index contributed by atoms with van der Waals surface area (Å²) in [5.41, 5.74) is 0.279. The summed E-state index contributed by atoms with van der Waals surface area (Å²) in [7, 11) is 0. The van der Waals surface area contributed by atoms with E-state index >= 15 is 0 Å². The molecule has 0 bridgehead atoms. The van der Waals surface area contributed by atoms with E-state index in [-0.39, 0.29) is 29.8 Å². The fourth-order valence-electron chi connectivity index (χ4n) is 3.70. The van der Waals surface area contributed by atoms with Crippen LogP contribution in [0.4, 0.5) is 14.5 Å². The van der Waals surface area contributed by atoms with Gasteiger partial charge in [0.05, 0.1) is 23.9 Å². The molecule has 2 aliphatic rings. The Morgan fingerprint density at radius 1 is 1.07 bits per heavy atom.